The SMILES string of the molecule is CN(C(=O)C1=CC2OC3(Cc4ccccc4C3)OC2C(OC(=O)c2ccccc2I)C1)C(Cc1ccccc1)C(=O)NCCO. The van der Waals surface area contributed by atoms with Crippen molar-refractivity contribution in [2.45, 2.75) is 55.8 Å². The molecule has 3 aromatic carbocycles. The van der Waals surface area contributed by atoms with Crippen LogP contribution in [0.3, 0.4) is 0 Å². The van der Waals surface area contributed by atoms with Gasteiger partial charge in [0.2, 0.25) is 11.8 Å². The highest BCUT2D eigenvalue weighted by atomic mass is 127. The van der Waals surface area contributed by atoms with Crippen molar-refractivity contribution in [1.82, 2.24) is 10.2 Å². The molecule has 2 amide bonds. The second-order valence-corrected chi connectivity index (χ2v) is 12.8. The van der Waals surface area contributed by atoms with E-state index in [1.54, 1.807) is 25.3 Å². The molecule has 1 fully saturated rings. The average Bonchev–Trinajstić information content (AvgIpc) is 3.60. The first-order valence-electron chi connectivity index (χ1n) is 15.1. The largest absolute Gasteiger partial charge is 0.455 e. The van der Waals surface area contributed by atoms with E-state index in [-0.39, 0.29) is 37.8 Å². The van der Waals surface area contributed by atoms with Gasteiger partial charge in [-0.15, -0.1) is 0 Å². The number of hydrogen-bond acceptors (Lipinski definition) is 7. The van der Waals surface area contributed by atoms with Crippen LogP contribution in [0.2, 0.25) is 0 Å². The van der Waals surface area contributed by atoms with E-state index in [1.165, 1.54) is 4.90 Å². The molecule has 4 atom stereocenters. The van der Waals surface area contributed by atoms with Crippen molar-refractivity contribution in [1.29, 1.82) is 0 Å². The molecule has 0 bridgehead atoms. The van der Waals surface area contributed by atoms with E-state index in [1.807, 2.05) is 54.6 Å². The van der Waals surface area contributed by atoms with Gasteiger partial charge in [-0.1, -0.05) is 66.7 Å². The summed E-state index contributed by atoms with van der Waals surface area (Å²) in [7, 11) is 1.59. The maximum absolute atomic E-state index is 14.1. The Hall–Kier alpha value is -3.58. The van der Waals surface area contributed by atoms with Crippen molar-refractivity contribution < 1.29 is 33.7 Å². The van der Waals surface area contributed by atoms with Crippen LogP contribution in [0, 0.1) is 3.57 Å². The molecule has 4 unspecified atom stereocenters. The number of nitrogens with zero attached hydrogens (tertiary/aromatic N) is 1. The van der Waals surface area contributed by atoms with Crippen LogP contribution in [0.15, 0.2) is 90.5 Å². The molecule has 0 radical (unpaired) electrons. The van der Waals surface area contributed by atoms with Crippen LogP contribution in [-0.4, -0.2) is 78.1 Å². The smallest absolute Gasteiger partial charge is 0.339 e. The van der Waals surface area contributed by atoms with Crippen molar-refractivity contribution in [3.05, 3.63) is 116 Å². The Kier molecular flexibility index (Phi) is 9.36. The van der Waals surface area contributed by atoms with Crippen molar-refractivity contribution in [2.75, 3.05) is 20.2 Å². The Morgan fingerprint density at radius 3 is 2.36 bits per heavy atom. The number of benzene rings is 3. The van der Waals surface area contributed by atoms with Crippen molar-refractivity contribution in [2.24, 2.45) is 0 Å². The number of nitrogens with one attached hydrogen (secondary N) is 1. The van der Waals surface area contributed by atoms with Crippen LogP contribution in [0.5, 0.6) is 0 Å². The average molecular weight is 723 g/mol. The number of ether oxygens (including phenoxy) is 3. The van der Waals surface area contributed by atoms with Crippen molar-refractivity contribution >= 4 is 40.4 Å². The Balaban J connectivity index is 1.28. The van der Waals surface area contributed by atoms with Gasteiger partial charge in [-0.25, -0.2) is 4.79 Å². The Morgan fingerprint density at radius 2 is 1.67 bits per heavy atom. The lowest BCUT2D eigenvalue weighted by atomic mass is 9.90. The summed E-state index contributed by atoms with van der Waals surface area (Å²) in [4.78, 5) is 42.2. The van der Waals surface area contributed by atoms with E-state index < -0.39 is 36.1 Å². The first kappa shape index (κ1) is 31.4. The van der Waals surface area contributed by atoms with Gasteiger partial charge < -0.3 is 29.5 Å². The lowest BCUT2D eigenvalue weighted by Gasteiger charge is -2.33. The third-order valence-corrected chi connectivity index (χ3v) is 9.56. The molecule has 3 aromatic rings. The summed E-state index contributed by atoms with van der Waals surface area (Å²) in [5, 5.41) is 12.0. The molecule has 1 saturated heterocycles. The summed E-state index contributed by atoms with van der Waals surface area (Å²) >= 11 is 2.10. The fourth-order valence-electron chi connectivity index (χ4n) is 6.39. The predicted octanol–water partition coefficient (Wildman–Crippen LogP) is 3.60. The van der Waals surface area contributed by atoms with Gasteiger partial charge in [0, 0.05) is 48.4 Å². The number of carbonyl (C=O) groups is 3. The molecule has 234 valence electrons. The summed E-state index contributed by atoms with van der Waals surface area (Å²) in [5.74, 6) is -2.17. The van der Waals surface area contributed by atoms with Gasteiger partial charge in [-0.2, -0.15) is 0 Å². The highest BCUT2D eigenvalue weighted by molar-refractivity contribution is 14.1. The molecule has 3 aliphatic rings. The van der Waals surface area contributed by atoms with Crippen LogP contribution in [-0.2, 0) is 43.1 Å². The normalized spacial score (nSPS) is 21.8. The summed E-state index contributed by atoms with van der Waals surface area (Å²) in [6.07, 6.45) is 1.21. The molecule has 6 rings (SSSR count). The second kappa shape index (κ2) is 13.4. The van der Waals surface area contributed by atoms with E-state index >= 15 is 0 Å². The van der Waals surface area contributed by atoms with E-state index in [0.717, 1.165) is 20.3 Å². The van der Waals surface area contributed by atoms with E-state index in [4.69, 9.17) is 14.2 Å². The summed E-state index contributed by atoms with van der Waals surface area (Å²) in [5.41, 5.74) is 3.98. The molecule has 2 N–H and O–H groups in total. The number of fused-ring (bicyclic) bond motifs is 2. The lowest BCUT2D eigenvalue weighted by molar-refractivity contribution is -0.172. The van der Waals surface area contributed by atoms with Crippen LogP contribution in [0.4, 0.5) is 0 Å². The fraction of sp³-hybridized carbons (Fsp3) is 0.343. The molecule has 2 aliphatic carbocycles. The molecular weight excluding hydrogens is 687 g/mol. The van der Waals surface area contributed by atoms with Gasteiger partial charge in [0.1, 0.15) is 24.4 Å². The Bertz CT molecular complexity index is 1590. The molecule has 1 aliphatic heterocycles. The topological polar surface area (TPSA) is 114 Å². The quantitative estimate of drug-likeness (QED) is 0.257. The molecule has 0 saturated carbocycles. The minimum Gasteiger partial charge on any atom is -0.455 e. The number of amides is 2. The van der Waals surface area contributed by atoms with E-state index in [0.29, 0.717) is 24.0 Å². The van der Waals surface area contributed by atoms with Gasteiger partial charge in [-0.3, -0.25) is 9.59 Å². The van der Waals surface area contributed by atoms with Gasteiger partial charge in [-0.05, 0) is 57.5 Å². The summed E-state index contributed by atoms with van der Waals surface area (Å²) < 4.78 is 20.1. The number of esters is 1. The molecular formula is C35H35IN2O7. The highest BCUT2D eigenvalue weighted by Gasteiger charge is 2.55. The number of likely N-dealkylation sites (N-methyl/N-ethyl adjacent to an activating group) is 1. The third-order valence-electron chi connectivity index (χ3n) is 8.62. The van der Waals surface area contributed by atoms with Crippen LogP contribution >= 0.6 is 22.6 Å². The number of rotatable bonds is 9. The number of aliphatic hydroxyl groups excluding tert-OH is 1. The zero-order chi connectivity index (χ0) is 31.6. The van der Waals surface area contributed by atoms with Crippen LogP contribution < -0.4 is 5.32 Å². The minimum atomic E-state index is -0.925. The Labute approximate surface area is 275 Å². The van der Waals surface area contributed by atoms with Crippen LogP contribution in [0.25, 0.3) is 0 Å². The lowest BCUT2D eigenvalue weighted by Crippen LogP contribution is -2.51. The maximum Gasteiger partial charge on any atom is 0.339 e. The summed E-state index contributed by atoms with van der Waals surface area (Å²) in [6.45, 7) is -0.142. The van der Waals surface area contributed by atoms with E-state index in [9.17, 15) is 19.5 Å². The standard InChI is InChI=1S/C35H35IN2O7/c1-38(28(32(40)37-15-16-39)17-22-9-3-2-4-10-22)33(41)25-18-29(43-34(42)26-13-7-8-14-27(26)36)31-30(19-25)44-35(45-31)20-23-11-5-6-12-24(23)21-35/h2-14,19,28-31,39H,15-18,20-21H2,1H3,(H,37,40). The molecule has 45 heavy (non-hydrogen) atoms. The van der Waals surface area contributed by atoms with Gasteiger partial charge in [0.25, 0.3) is 0 Å². The highest BCUT2D eigenvalue weighted by Crippen LogP contribution is 2.45. The van der Waals surface area contributed by atoms with Gasteiger partial charge in [0.05, 0.1) is 12.2 Å². The monoisotopic (exact) mass is 722 g/mol. The first-order valence-corrected chi connectivity index (χ1v) is 16.1. The van der Waals surface area contributed by atoms with Gasteiger partial charge in [0.15, 0.2) is 5.79 Å². The predicted molar refractivity (Wildman–Crippen MR) is 174 cm³/mol. The first-order chi connectivity index (χ1) is 21.8. The molecule has 10 heteroatoms. The molecule has 1 heterocycles. The van der Waals surface area contributed by atoms with Gasteiger partial charge >= 0.3 is 5.97 Å². The molecule has 0 aromatic heterocycles. The number of carbonyl (C=O) groups excluding carboxylic acids is 3. The summed E-state index contributed by atoms with van der Waals surface area (Å²) in [6, 6.07) is 23.9. The van der Waals surface area contributed by atoms with Crippen molar-refractivity contribution in [3.63, 3.8) is 0 Å². The minimum absolute atomic E-state index is 0.0740. The zero-order valence-corrected chi connectivity index (χ0v) is 27.0. The fourth-order valence-corrected chi connectivity index (χ4v) is 7.00. The zero-order valence-electron chi connectivity index (χ0n) is 24.9. The number of hydrogen-bond donors (Lipinski definition) is 2. The van der Waals surface area contributed by atoms with Crippen LogP contribution in [0.1, 0.15) is 33.5 Å². The number of aliphatic hydroxyl groups is 1. The second-order valence-electron chi connectivity index (χ2n) is 11.7. The third kappa shape index (κ3) is 6.69. The molecule has 1 spiro atoms. The van der Waals surface area contributed by atoms with Crippen molar-refractivity contribution in [3.8, 4) is 0 Å². The number of halogens is 1. The Morgan fingerprint density at radius 1 is 1.00 bits per heavy atom. The molecule has 9 nitrogen and oxygen atoms in total. The maximum atomic E-state index is 14.1. The van der Waals surface area contributed by atoms with E-state index in [2.05, 4.69) is 40.0 Å².